The van der Waals surface area contributed by atoms with Crippen LogP contribution in [0.2, 0.25) is 0 Å². The van der Waals surface area contributed by atoms with Crippen LogP contribution in [-0.4, -0.2) is 35.7 Å². The first-order chi connectivity index (χ1) is 7.45. The first-order valence-corrected chi connectivity index (χ1v) is 5.19. The Labute approximate surface area is 88.1 Å². The number of ether oxygens (including phenoxy) is 1. The maximum absolute atomic E-state index is 5.35. The van der Waals surface area contributed by atoms with Gasteiger partial charge in [0, 0.05) is 13.1 Å². The Morgan fingerprint density at radius 3 is 2.93 bits per heavy atom. The zero-order chi connectivity index (χ0) is 10.1. The Kier molecular flexibility index (Phi) is 2.07. The Balaban J connectivity index is 2.05. The number of pyridine rings is 1. The second-order valence-electron chi connectivity index (χ2n) is 3.67. The SMILES string of the molecule is c1cc(N2CCOCC2)n2cncc2c1. The fourth-order valence-electron chi connectivity index (χ4n) is 1.98. The van der Waals surface area contributed by atoms with Crippen molar-refractivity contribution < 1.29 is 4.74 Å². The van der Waals surface area contributed by atoms with Crippen LogP contribution in [0.15, 0.2) is 30.7 Å². The van der Waals surface area contributed by atoms with Crippen LogP contribution >= 0.6 is 0 Å². The molecular weight excluding hydrogens is 190 g/mol. The molecule has 4 heteroatoms. The van der Waals surface area contributed by atoms with Gasteiger partial charge >= 0.3 is 0 Å². The highest BCUT2D eigenvalue weighted by Crippen LogP contribution is 2.17. The van der Waals surface area contributed by atoms with Crippen LogP contribution in [-0.2, 0) is 4.74 Å². The standard InChI is InChI=1S/C11H13N3O/c1-2-10-8-12-9-14(10)11(3-1)13-4-6-15-7-5-13/h1-3,8-9H,4-7H2. The van der Waals surface area contributed by atoms with Gasteiger partial charge in [0.2, 0.25) is 0 Å². The molecule has 0 aromatic carbocycles. The molecule has 1 aliphatic rings. The normalized spacial score (nSPS) is 17.2. The Morgan fingerprint density at radius 1 is 1.20 bits per heavy atom. The molecule has 2 aromatic rings. The number of hydrogen-bond acceptors (Lipinski definition) is 3. The molecule has 78 valence electrons. The molecule has 2 aromatic heterocycles. The van der Waals surface area contributed by atoms with Crippen LogP contribution < -0.4 is 4.90 Å². The van der Waals surface area contributed by atoms with Crippen LogP contribution in [0.1, 0.15) is 0 Å². The van der Waals surface area contributed by atoms with Crippen LogP contribution in [0.3, 0.4) is 0 Å². The lowest BCUT2D eigenvalue weighted by Crippen LogP contribution is -2.37. The lowest BCUT2D eigenvalue weighted by Gasteiger charge is -2.29. The second kappa shape index (κ2) is 3.55. The molecule has 0 amide bonds. The lowest BCUT2D eigenvalue weighted by atomic mass is 10.3. The van der Waals surface area contributed by atoms with Crippen molar-refractivity contribution in [2.75, 3.05) is 31.2 Å². The van der Waals surface area contributed by atoms with E-state index in [4.69, 9.17) is 4.74 Å². The molecular formula is C11H13N3O. The van der Waals surface area contributed by atoms with Gasteiger partial charge in [0.25, 0.3) is 0 Å². The van der Waals surface area contributed by atoms with Crippen LogP contribution in [0, 0.1) is 0 Å². The van der Waals surface area contributed by atoms with E-state index in [1.165, 1.54) is 5.82 Å². The van der Waals surface area contributed by atoms with E-state index in [9.17, 15) is 0 Å². The van der Waals surface area contributed by atoms with Crippen molar-refractivity contribution >= 4 is 11.3 Å². The summed E-state index contributed by atoms with van der Waals surface area (Å²) in [6.07, 6.45) is 3.74. The fourth-order valence-corrected chi connectivity index (χ4v) is 1.98. The molecule has 3 heterocycles. The molecule has 0 N–H and O–H groups in total. The van der Waals surface area contributed by atoms with Gasteiger partial charge in [0.1, 0.15) is 12.1 Å². The number of hydrogen-bond donors (Lipinski definition) is 0. The number of imidazole rings is 1. The van der Waals surface area contributed by atoms with Gasteiger partial charge in [-0.1, -0.05) is 6.07 Å². The van der Waals surface area contributed by atoms with E-state index in [0.717, 1.165) is 31.8 Å². The molecule has 1 fully saturated rings. The molecule has 1 saturated heterocycles. The summed E-state index contributed by atoms with van der Waals surface area (Å²) in [5.74, 6) is 1.20. The Hall–Kier alpha value is -1.55. The van der Waals surface area contributed by atoms with E-state index in [2.05, 4.69) is 32.5 Å². The van der Waals surface area contributed by atoms with E-state index < -0.39 is 0 Å². The summed E-state index contributed by atoms with van der Waals surface area (Å²) in [7, 11) is 0. The number of rotatable bonds is 1. The van der Waals surface area contributed by atoms with Gasteiger partial charge in [0.15, 0.2) is 0 Å². The molecule has 4 nitrogen and oxygen atoms in total. The van der Waals surface area contributed by atoms with Crippen molar-refractivity contribution in [3.8, 4) is 0 Å². The summed E-state index contributed by atoms with van der Waals surface area (Å²) in [5.41, 5.74) is 1.14. The van der Waals surface area contributed by atoms with E-state index in [1.54, 1.807) is 0 Å². The number of morpholine rings is 1. The van der Waals surface area contributed by atoms with Gasteiger partial charge in [0.05, 0.1) is 24.9 Å². The third kappa shape index (κ3) is 1.47. The molecule has 15 heavy (non-hydrogen) atoms. The largest absolute Gasteiger partial charge is 0.378 e. The molecule has 0 radical (unpaired) electrons. The summed E-state index contributed by atoms with van der Waals surface area (Å²) >= 11 is 0. The highest BCUT2D eigenvalue weighted by Gasteiger charge is 2.13. The van der Waals surface area contributed by atoms with Gasteiger partial charge in [-0.25, -0.2) is 4.98 Å². The Bertz CT molecular complexity index is 460. The third-order valence-corrected chi connectivity index (χ3v) is 2.76. The molecule has 0 bridgehead atoms. The van der Waals surface area contributed by atoms with Crippen molar-refractivity contribution in [2.24, 2.45) is 0 Å². The molecule has 0 saturated carbocycles. The molecule has 0 atom stereocenters. The average Bonchev–Trinajstić information content (AvgIpc) is 2.78. The molecule has 0 unspecified atom stereocenters. The van der Waals surface area contributed by atoms with Crippen LogP contribution in [0.25, 0.3) is 5.52 Å². The maximum Gasteiger partial charge on any atom is 0.114 e. The highest BCUT2D eigenvalue weighted by atomic mass is 16.5. The average molecular weight is 203 g/mol. The monoisotopic (exact) mass is 203 g/mol. The zero-order valence-corrected chi connectivity index (χ0v) is 8.47. The number of anilines is 1. The van der Waals surface area contributed by atoms with Crippen molar-refractivity contribution in [1.82, 2.24) is 9.38 Å². The quantitative estimate of drug-likeness (QED) is 0.697. The molecule has 0 aliphatic carbocycles. The van der Waals surface area contributed by atoms with Crippen LogP contribution in [0.5, 0.6) is 0 Å². The van der Waals surface area contributed by atoms with Gasteiger partial charge < -0.3 is 9.64 Å². The van der Waals surface area contributed by atoms with Crippen molar-refractivity contribution in [1.29, 1.82) is 0 Å². The maximum atomic E-state index is 5.35. The number of aromatic nitrogens is 2. The summed E-state index contributed by atoms with van der Waals surface area (Å²) < 4.78 is 7.46. The van der Waals surface area contributed by atoms with E-state index in [-0.39, 0.29) is 0 Å². The van der Waals surface area contributed by atoms with E-state index in [1.807, 2.05) is 12.5 Å². The van der Waals surface area contributed by atoms with Crippen molar-refractivity contribution in [2.45, 2.75) is 0 Å². The first kappa shape index (κ1) is 8.73. The topological polar surface area (TPSA) is 29.8 Å². The smallest absolute Gasteiger partial charge is 0.114 e. The summed E-state index contributed by atoms with van der Waals surface area (Å²) in [6.45, 7) is 3.53. The van der Waals surface area contributed by atoms with Gasteiger partial charge in [-0.05, 0) is 12.1 Å². The minimum atomic E-state index is 0.811. The highest BCUT2D eigenvalue weighted by molar-refractivity contribution is 5.54. The van der Waals surface area contributed by atoms with Gasteiger partial charge in [-0.2, -0.15) is 0 Å². The van der Waals surface area contributed by atoms with Gasteiger partial charge in [-0.15, -0.1) is 0 Å². The molecule has 3 rings (SSSR count). The van der Waals surface area contributed by atoms with E-state index >= 15 is 0 Å². The minimum absolute atomic E-state index is 0.811. The summed E-state index contributed by atoms with van der Waals surface area (Å²) in [4.78, 5) is 6.49. The molecule has 1 aliphatic heterocycles. The fraction of sp³-hybridized carbons (Fsp3) is 0.364. The van der Waals surface area contributed by atoms with Crippen molar-refractivity contribution in [3.05, 3.63) is 30.7 Å². The predicted molar refractivity (Wildman–Crippen MR) is 58.2 cm³/mol. The number of nitrogens with zero attached hydrogens (tertiary/aromatic N) is 3. The third-order valence-electron chi connectivity index (χ3n) is 2.76. The van der Waals surface area contributed by atoms with Crippen LogP contribution in [0.4, 0.5) is 5.82 Å². The lowest BCUT2D eigenvalue weighted by molar-refractivity contribution is 0.122. The summed E-state index contributed by atoms with van der Waals surface area (Å²) in [5, 5.41) is 0. The molecule has 0 spiro atoms. The Morgan fingerprint density at radius 2 is 2.07 bits per heavy atom. The predicted octanol–water partition coefficient (Wildman–Crippen LogP) is 1.17. The summed E-state index contributed by atoms with van der Waals surface area (Å²) in [6, 6.07) is 6.26. The van der Waals surface area contributed by atoms with Crippen molar-refractivity contribution in [3.63, 3.8) is 0 Å². The minimum Gasteiger partial charge on any atom is -0.378 e. The number of fused-ring (bicyclic) bond motifs is 1. The van der Waals surface area contributed by atoms with E-state index in [0.29, 0.717) is 0 Å². The second-order valence-corrected chi connectivity index (χ2v) is 3.67. The zero-order valence-electron chi connectivity index (χ0n) is 8.47. The van der Waals surface area contributed by atoms with Gasteiger partial charge in [-0.3, -0.25) is 4.40 Å². The first-order valence-electron chi connectivity index (χ1n) is 5.19.